The van der Waals surface area contributed by atoms with Crippen LogP contribution in [0.25, 0.3) is 0 Å². The summed E-state index contributed by atoms with van der Waals surface area (Å²) < 4.78 is 0. The van der Waals surface area contributed by atoms with Crippen molar-refractivity contribution in [3.63, 3.8) is 0 Å². The Morgan fingerprint density at radius 2 is 1.95 bits per heavy atom. The molecule has 8 heteroatoms. The Morgan fingerprint density at radius 3 is 2.45 bits per heavy atom. The molecule has 0 fully saturated rings. The highest BCUT2D eigenvalue weighted by Gasteiger charge is 2.31. The summed E-state index contributed by atoms with van der Waals surface area (Å²) in [6.45, 7) is 1.49. The largest absolute Gasteiger partial charge is 0.478 e. The summed E-state index contributed by atoms with van der Waals surface area (Å²) in [7, 11) is 0. The number of carboxylic acid groups (broad SMARTS) is 1. The van der Waals surface area contributed by atoms with E-state index in [9.17, 15) is 24.8 Å². The number of nitrogens with one attached hydrogen (secondary N) is 2. The topological polar surface area (TPSA) is 122 Å². The molecule has 0 aliphatic carbocycles. The normalized spacial score (nSPS) is 18.2. The standard InChI is InChI=1S/C12H11N3O5/c1-6-9(11(16)17)10(14-12(18)13-6)7-2-4-8(5-3-7)15(19)20/h2-5,10H,1H3,(H,16,17)(H2,13,14,18)/t10-/m1/s1. The third-order valence-corrected chi connectivity index (χ3v) is 2.94. The van der Waals surface area contributed by atoms with E-state index in [0.717, 1.165) is 0 Å². The highest BCUT2D eigenvalue weighted by atomic mass is 16.6. The number of hydrogen-bond donors (Lipinski definition) is 3. The monoisotopic (exact) mass is 277 g/mol. The van der Waals surface area contributed by atoms with E-state index in [1.165, 1.54) is 31.2 Å². The van der Waals surface area contributed by atoms with Crippen molar-refractivity contribution in [3.05, 3.63) is 51.2 Å². The fraction of sp³-hybridized carbons (Fsp3) is 0.167. The third kappa shape index (κ3) is 2.44. The molecule has 1 aromatic rings. The van der Waals surface area contributed by atoms with E-state index in [1.54, 1.807) is 0 Å². The van der Waals surface area contributed by atoms with E-state index in [2.05, 4.69) is 10.6 Å². The number of nitro benzene ring substituents is 1. The number of hydrogen-bond acceptors (Lipinski definition) is 4. The Kier molecular flexibility index (Phi) is 3.38. The second kappa shape index (κ2) is 5.00. The van der Waals surface area contributed by atoms with Crippen molar-refractivity contribution in [1.82, 2.24) is 10.6 Å². The molecule has 0 bridgehead atoms. The van der Waals surface area contributed by atoms with Gasteiger partial charge in [0.25, 0.3) is 5.69 Å². The van der Waals surface area contributed by atoms with Crippen LogP contribution in [0, 0.1) is 10.1 Å². The molecule has 0 spiro atoms. The van der Waals surface area contributed by atoms with Gasteiger partial charge in [0.1, 0.15) is 0 Å². The van der Waals surface area contributed by atoms with Gasteiger partial charge in [-0.3, -0.25) is 10.1 Å². The zero-order chi connectivity index (χ0) is 14.9. The summed E-state index contributed by atoms with van der Waals surface area (Å²) in [5, 5.41) is 24.7. The molecule has 8 nitrogen and oxygen atoms in total. The predicted octanol–water partition coefficient (Wildman–Crippen LogP) is 1.31. The minimum absolute atomic E-state index is 0.00143. The van der Waals surface area contributed by atoms with E-state index < -0.39 is 23.0 Å². The first-order valence-electron chi connectivity index (χ1n) is 5.66. The molecule has 0 radical (unpaired) electrons. The zero-order valence-corrected chi connectivity index (χ0v) is 10.4. The molecule has 0 unspecified atom stereocenters. The van der Waals surface area contributed by atoms with E-state index in [4.69, 9.17) is 0 Å². The van der Waals surface area contributed by atoms with Gasteiger partial charge >= 0.3 is 12.0 Å². The van der Waals surface area contributed by atoms with Crippen molar-refractivity contribution in [2.24, 2.45) is 0 Å². The summed E-state index contributed by atoms with van der Waals surface area (Å²) in [4.78, 5) is 32.8. The Hall–Kier alpha value is -2.90. The van der Waals surface area contributed by atoms with Crippen LogP contribution in [-0.2, 0) is 4.79 Å². The van der Waals surface area contributed by atoms with E-state index in [1.807, 2.05) is 0 Å². The van der Waals surface area contributed by atoms with Crippen LogP contribution in [0.1, 0.15) is 18.5 Å². The number of amides is 2. The van der Waals surface area contributed by atoms with Crippen molar-refractivity contribution in [2.45, 2.75) is 13.0 Å². The smallest absolute Gasteiger partial charge is 0.335 e. The van der Waals surface area contributed by atoms with E-state index in [0.29, 0.717) is 5.56 Å². The average Bonchev–Trinajstić information content (AvgIpc) is 2.37. The Balaban J connectivity index is 2.43. The second-order valence-corrected chi connectivity index (χ2v) is 4.22. The summed E-state index contributed by atoms with van der Waals surface area (Å²) in [6.07, 6.45) is 0. The van der Waals surface area contributed by atoms with Gasteiger partial charge in [-0.15, -0.1) is 0 Å². The van der Waals surface area contributed by atoms with Crippen LogP contribution >= 0.6 is 0 Å². The lowest BCUT2D eigenvalue weighted by atomic mass is 9.95. The Morgan fingerprint density at radius 1 is 1.35 bits per heavy atom. The first-order chi connectivity index (χ1) is 9.40. The van der Waals surface area contributed by atoms with Gasteiger partial charge in [-0.2, -0.15) is 0 Å². The lowest BCUT2D eigenvalue weighted by molar-refractivity contribution is -0.384. The molecule has 1 heterocycles. The van der Waals surface area contributed by atoms with Crippen LogP contribution in [0.15, 0.2) is 35.5 Å². The van der Waals surface area contributed by atoms with Crippen LogP contribution in [0.5, 0.6) is 0 Å². The number of carbonyl (C=O) groups excluding carboxylic acids is 1. The van der Waals surface area contributed by atoms with Gasteiger partial charge in [0.15, 0.2) is 0 Å². The molecule has 3 N–H and O–H groups in total. The van der Waals surface area contributed by atoms with Crippen LogP contribution in [0.4, 0.5) is 10.5 Å². The van der Waals surface area contributed by atoms with Crippen molar-refractivity contribution in [1.29, 1.82) is 0 Å². The molecule has 1 aliphatic rings. The van der Waals surface area contributed by atoms with Gasteiger partial charge in [-0.05, 0) is 24.6 Å². The number of nitro groups is 1. The van der Waals surface area contributed by atoms with Gasteiger partial charge in [-0.25, -0.2) is 9.59 Å². The van der Waals surface area contributed by atoms with Crippen molar-refractivity contribution in [3.8, 4) is 0 Å². The van der Waals surface area contributed by atoms with Crippen molar-refractivity contribution >= 4 is 17.7 Å². The summed E-state index contributed by atoms with van der Waals surface area (Å²) in [5.41, 5.74) is 0.594. The maximum Gasteiger partial charge on any atom is 0.335 e. The van der Waals surface area contributed by atoms with Crippen LogP contribution in [0.3, 0.4) is 0 Å². The van der Waals surface area contributed by atoms with E-state index in [-0.39, 0.29) is 17.0 Å². The number of nitrogens with zero attached hydrogens (tertiary/aromatic N) is 1. The average molecular weight is 277 g/mol. The number of carbonyl (C=O) groups is 2. The molecule has 0 saturated carbocycles. The number of rotatable bonds is 3. The minimum atomic E-state index is -1.17. The molecule has 104 valence electrons. The Bertz CT molecular complexity index is 620. The molecular formula is C12H11N3O5. The highest BCUT2D eigenvalue weighted by molar-refractivity contribution is 5.93. The molecule has 1 aromatic carbocycles. The molecule has 2 rings (SSSR count). The number of benzene rings is 1. The lowest BCUT2D eigenvalue weighted by Crippen LogP contribution is -2.45. The predicted molar refractivity (Wildman–Crippen MR) is 67.8 cm³/mol. The Labute approximate surface area is 113 Å². The number of urea groups is 1. The third-order valence-electron chi connectivity index (χ3n) is 2.94. The van der Waals surface area contributed by atoms with Gasteiger partial charge < -0.3 is 15.7 Å². The molecule has 0 saturated heterocycles. The van der Waals surface area contributed by atoms with Crippen LogP contribution in [-0.4, -0.2) is 22.0 Å². The number of aliphatic carboxylic acids is 1. The van der Waals surface area contributed by atoms with Gasteiger partial charge in [0.05, 0.1) is 16.5 Å². The zero-order valence-electron chi connectivity index (χ0n) is 10.4. The van der Waals surface area contributed by atoms with Gasteiger partial charge in [-0.1, -0.05) is 0 Å². The summed E-state index contributed by atoms with van der Waals surface area (Å²) in [6, 6.07) is 4.00. The summed E-state index contributed by atoms with van der Waals surface area (Å²) >= 11 is 0. The summed E-state index contributed by atoms with van der Waals surface area (Å²) in [5.74, 6) is -1.17. The molecule has 0 aromatic heterocycles. The first kappa shape index (κ1) is 13.5. The maximum atomic E-state index is 11.4. The number of allylic oxidation sites excluding steroid dienone is 1. The molecule has 2 amide bonds. The number of non-ortho nitro benzene ring substituents is 1. The number of carboxylic acids is 1. The van der Waals surface area contributed by atoms with Crippen LogP contribution in [0.2, 0.25) is 0 Å². The highest BCUT2D eigenvalue weighted by Crippen LogP contribution is 2.27. The first-order valence-corrected chi connectivity index (χ1v) is 5.66. The molecular weight excluding hydrogens is 266 g/mol. The van der Waals surface area contributed by atoms with Crippen LogP contribution < -0.4 is 10.6 Å². The second-order valence-electron chi connectivity index (χ2n) is 4.22. The fourth-order valence-corrected chi connectivity index (χ4v) is 2.02. The fourth-order valence-electron chi connectivity index (χ4n) is 2.02. The molecule has 1 atom stereocenters. The van der Waals surface area contributed by atoms with Crippen molar-refractivity contribution < 1.29 is 19.6 Å². The van der Waals surface area contributed by atoms with Gasteiger partial charge in [0, 0.05) is 17.8 Å². The van der Waals surface area contributed by atoms with E-state index >= 15 is 0 Å². The molecule has 1 aliphatic heterocycles. The maximum absolute atomic E-state index is 11.4. The molecule has 20 heavy (non-hydrogen) atoms. The SMILES string of the molecule is CC1=C(C(=O)O)[C@@H](c2ccc([N+](=O)[O-])cc2)NC(=O)N1. The minimum Gasteiger partial charge on any atom is -0.478 e. The lowest BCUT2D eigenvalue weighted by Gasteiger charge is -2.26. The van der Waals surface area contributed by atoms with Crippen molar-refractivity contribution in [2.75, 3.05) is 0 Å². The quantitative estimate of drug-likeness (QED) is 0.568. The van der Waals surface area contributed by atoms with Gasteiger partial charge in [0.2, 0.25) is 0 Å².